The van der Waals surface area contributed by atoms with Gasteiger partial charge in [0.05, 0.1) is 30.4 Å². The van der Waals surface area contributed by atoms with E-state index in [1.165, 1.54) is 0 Å². The van der Waals surface area contributed by atoms with Crippen molar-refractivity contribution in [2.45, 2.75) is 58.2 Å². The second-order valence-corrected chi connectivity index (χ2v) is 7.32. The SMILES string of the molecule is CC(C)C1(COCc2cc(C(F)(F)F)cc(C(F)(F)F)c2)CCC(O)C1. The Kier molecular flexibility index (Phi) is 5.97. The highest BCUT2D eigenvalue weighted by molar-refractivity contribution is 5.33. The van der Waals surface area contributed by atoms with E-state index in [1.54, 1.807) is 0 Å². The van der Waals surface area contributed by atoms with Crippen LogP contribution in [0.1, 0.15) is 49.8 Å². The number of aliphatic hydroxyl groups is 1. The molecule has 1 N–H and O–H groups in total. The molecule has 0 radical (unpaired) electrons. The third-order valence-corrected chi connectivity index (χ3v) is 5.15. The van der Waals surface area contributed by atoms with Crippen molar-refractivity contribution in [2.75, 3.05) is 6.61 Å². The summed E-state index contributed by atoms with van der Waals surface area (Å²) in [5.41, 5.74) is -3.18. The molecule has 0 saturated heterocycles. The summed E-state index contributed by atoms with van der Waals surface area (Å²) in [6, 6.07) is 1.47. The molecule has 2 nitrogen and oxygen atoms in total. The summed E-state index contributed by atoms with van der Waals surface area (Å²) < 4.78 is 82.8. The van der Waals surface area contributed by atoms with Crippen LogP contribution in [-0.2, 0) is 23.7 Å². The maximum Gasteiger partial charge on any atom is 0.416 e. The molecule has 1 saturated carbocycles. The van der Waals surface area contributed by atoms with Crippen molar-refractivity contribution in [3.05, 3.63) is 34.9 Å². The van der Waals surface area contributed by atoms with Gasteiger partial charge in [0.15, 0.2) is 0 Å². The quantitative estimate of drug-likeness (QED) is 0.686. The van der Waals surface area contributed by atoms with E-state index in [0.717, 1.165) is 0 Å². The molecular formula is C18H22F6O2. The van der Waals surface area contributed by atoms with Gasteiger partial charge in [-0.3, -0.25) is 0 Å². The largest absolute Gasteiger partial charge is 0.416 e. The number of hydrogen-bond acceptors (Lipinski definition) is 2. The smallest absolute Gasteiger partial charge is 0.393 e. The van der Waals surface area contributed by atoms with E-state index in [9.17, 15) is 31.4 Å². The normalized spacial score (nSPS) is 24.5. The first-order valence-electron chi connectivity index (χ1n) is 8.38. The van der Waals surface area contributed by atoms with Crippen molar-refractivity contribution < 1.29 is 36.2 Å². The van der Waals surface area contributed by atoms with Crippen LogP contribution in [-0.4, -0.2) is 17.8 Å². The van der Waals surface area contributed by atoms with Gasteiger partial charge in [-0.15, -0.1) is 0 Å². The number of benzene rings is 1. The van der Waals surface area contributed by atoms with E-state index < -0.39 is 29.6 Å². The zero-order valence-corrected chi connectivity index (χ0v) is 14.5. The van der Waals surface area contributed by atoms with Gasteiger partial charge in [-0.1, -0.05) is 13.8 Å². The zero-order valence-electron chi connectivity index (χ0n) is 14.5. The second-order valence-electron chi connectivity index (χ2n) is 7.32. The van der Waals surface area contributed by atoms with Crippen LogP contribution >= 0.6 is 0 Å². The summed E-state index contributed by atoms with van der Waals surface area (Å²) in [6.07, 6.45) is -8.35. The highest BCUT2D eigenvalue weighted by atomic mass is 19.4. The maximum atomic E-state index is 12.9. The molecule has 0 aromatic heterocycles. The first kappa shape index (κ1) is 21.0. The monoisotopic (exact) mass is 384 g/mol. The summed E-state index contributed by atoms with van der Waals surface area (Å²) >= 11 is 0. The molecule has 0 aliphatic heterocycles. The third-order valence-electron chi connectivity index (χ3n) is 5.15. The van der Waals surface area contributed by atoms with Crippen LogP contribution in [0.5, 0.6) is 0 Å². The Morgan fingerprint density at radius 1 is 1.08 bits per heavy atom. The fourth-order valence-electron chi connectivity index (χ4n) is 3.42. The minimum absolute atomic E-state index is 0.104. The molecular weight excluding hydrogens is 362 g/mol. The molecule has 1 aromatic rings. The molecule has 2 rings (SSSR count). The van der Waals surface area contributed by atoms with E-state index in [0.29, 0.717) is 31.4 Å². The van der Waals surface area contributed by atoms with E-state index in [1.807, 2.05) is 13.8 Å². The van der Waals surface area contributed by atoms with Gasteiger partial charge in [-0.2, -0.15) is 26.3 Å². The molecule has 1 aliphatic rings. The topological polar surface area (TPSA) is 29.5 Å². The van der Waals surface area contributed by atoms with Gasteiger partial charge in [0.25, 0.3) is 0 Å². The van der Waals surface area contributed by atoms with Gasteiger partial charge in [-0.25, -0.2) is 0 Å². The van der Waals surface area contributed by atoms with Crippen LogP contribution in [0.4, 0.5) is 26.3 Å². The molecule has 2 unspecified atom stereocenters. The maximum absolute atomic E-state index is 12.9. The first-order chi connectivity index (χ1) is 11.8. The summed E-state index contributed by atoms with van der Waals surface area (Å²) in [6.45, 7) is 3.76. The molecule has 1 aliphatic carbocycles. The van der Waals surface area contributed by atoms with Gasteiger partial charge >= 0.3 is 12.4 Å². The molecule has 0 bridgehead atoms. The third kappa shape index (κ3) is 4.91. The lowest BCUT2D eigenvalue weighted by molar-refractivity contribution is -0.143. The highest BCUT2D eigenvalue weighted by Crippen LogP contribution is 2.45. The molecule has 1 fully saturated rings. The minimum atomic E-state index is -4.87. The molecule has 148 valence electrons. The highest BCUT2D eigenvalue weighted by Gasteiger charge is 2.41. The number of ether oxygens (including phenoxy) is 1. The number of aliphatic hydroxyl groups excluding tert-OH is 1. The molecule has 8 heteroatoms. The Hall–Kier alpha value is -1.28. The summed E-state index contributed by atoms with van der Waals surface area (Å²) in [7, 11) is 0. The van der Waals surface area contributed by atoms with Crippen molar-refractivity contribution in [3.63, 3.8) is 0 Å². The number of hydrogen-bond donors (Lipinski definition) is 1. The van der Waals surface area contributed by atoms with Crippen LogP contribution in [0.3, 0.4) is 0 Å². The second kappa shape index (κ2) is 7.38. The van der Waals surface area contributed by atoms with Crippen LogP contribution < -0.4 is 0 Å². The van der Waals surface area contributed by atoms with Crippen molar-refractivity contribution >= 4 is 0 Å². The molecule has 0 amide bonds. The Balaban J connectivity index is 2.16. The average Bonchev–Trinajstić information content (AvgIpc) is 2.88. The summed E-state index contributed by atoms with van der Waals surface area (Å²) in [4.78, 5) is 0. The fourth-order valence-corrected chi connectivity index (χ4v) is 3.42. The van der Waals surface area contributed by atoms with E-state index >= 15 is 0 Å². The predicted molar refractivity (Wildman–Crippen MR) is 83.2 cm³/mol. The molecule has 2 atom stereocenters. The van der Waals surface area contributed by atoms with E-state index in [-0.39, 0.29) is 36.2 Å². The van der Waals surface area contributed by atoms with Gasteiger partial charge in [0.2, 0.25) is 0 Å². The van der Waals surface area contributed by atoms with Gasteiger partial charge in [0, 0.05) is 0 Å². The number of alkyl halides is 6. The molecule has 1 aromatic carbocycles. The zero-order chi connectivity index (χ0) is 19.8. The van der Waals surface area contributed by atoms with E-state index in [4.69, 9.17) is 4.74 Å². The first-order valence-corrected chi connectivity index (χ1v) is 8.38. The molecule has 0 heterocycles. The van der Waals surface area contributed by atoms with Crippen LogP contribution in [0.2, 0.25) is 0 Å². The van der Waals surface area contributed by atoms with Gasteiger partial charge in [0.1, 0.15) is 0 Å². The lowest BCUT2D eigenvalue weighted by Gasteiger charge is -2.33. The Morgan fingerprint density at radius 3 is 2.00 bits per heavy atom. The van der Waals surface area contributed by atoms with Crippen LogP contribution in [0.15, 0.2) is 18.2 Å². The van der Waals surface area contributed by atoms with Crippen molar-refractivity contribution in [1.82, 2.24) is 0 Å². The van der Waals surface area contributed by atoms with Crippen molar-refractivity contribution in [3.8, 4) is 0 Å². The number of halogens is 6. The number of rotatable bonds is 5. The Bertz CT molecular complexity index is 591. The Labute approximate surface area is 148 Å². The van der Waals surface area contributed by atoms with Gasteiger partial charge < -0.3 is 9.84 Å². The van der Waals surface area contributed by atoms with Crippen LogP contribution in [0, 0.1) is 11.3 Å². The lowest BCUT2D eigenvalue weighted by Crippen LogP contribution is -2.30. The standard InChI is InChI=1S/C18H22F6O2/c1-11(2)16(4-3-15(25)8-16)10-26-9-12-5-13(17(19,20)21)7-14(6-12)18(22,23)24/h5-7,11,15,25H,3-4,8-10H2,1-2H3. The van der Waals surface area contributed by atoms with Crippen LogP contribution in [0.25, 0.3) is 0 Å². The Morgan fingerprint density at radius 2 is 1.62 bits per heavy atom. The average molecular weight is 384 g/mol. The van der Waals surface area contributed by atoms with Crippen molar-refractivity contribution in [1.29, 1.82) is 0 Å². The predicted octanol–water partition coefficient (Wildman–Crippen LogP) is 5.43. The van der Waals surface area contributed by atoms with E-state index in [2.05, 4.69) is 0 Å². The van der Waals surface area contributed by atoms with Gasteiger partial charge in [-0.05, 0) is 54.4 Å². The summed E-state index contributed by atoms with van der Waals surface area (Å²) in [5, 5.41) is 9.78. The summed E-state index contributed by atoms with van der Waals surface area (Å²) in [5.74, 6) is 0.173. The molecule has 26 heavy (non-hydrogen) atoms. The van der Waals surface area contributed by atoms with Crippen molar-refractivity contribution in [2.24, 2.45) is 11.3 Å². The minimum Gasteiger partial charge on any atom is -0.393 e. The molecule has 0 spiro atoms. The fraction of sp³-hybridized carbons (Fsp3) is 0.667. The lowest BCUT2D eigenvalue weighted by atomic mass is 9.76.